The van der Waals surface area contributed by atoms with Crippen LogP contribution in [0.4, 0.5) is 4.39 Å². The number of halogens is 1. The van der Waals surface area contributed by atoms with Gasteiger partial charge in [-0.15, -0.1) is 0 Å². The van der Waals surface area contributed by atoms with Crippen molar-refractivity contribution >= 4 is 12.4 Å². The molecule has 0 saturated carbocycles. The van der Waals surface area contributed by atoms with E-state index in [1.165, 1.54) is 18.2 Å². The highest BCUT2D eigenvalue weighted by molar-refractivity contribution is 5.84. The van der Waals surface area contributed by atoms with Gasteiger partial charge in [0.05, 0.1) is 18.9 Å². The maximum Gasteiger partial charge on any atom is 0.142 e. The van der Waals surface area contributed by atoms with Crippen LogP contribution < -0.4 is 0 Å². The number of rotatable bonds is 9. The second-order valence-corrected chi connectivity index (χ2v) is 8.44. The lowest BCUT2D eigenvalue weighted by atomic mass is 9.87. The Hall–Kier alpha value is -3.11. The first-order valence-electron chi connectivity index (χ1n) is 11.0. The smallest absolute Gasteiger partial charge is 0.142 e. The highest BCUT2D eigenvalue weighted by atomic mass is 19.1. The SMILES string of the molecule is CC(C)c1nc(C(C)C)c(COCc2ccccc2)c(-c2ccc(F)cc2)c1C=CC=O. The number of carbonyl (C=O) groups excluding carboxylic acids is 1. The van der Waals surface area contributed by atoms with Crippen molar-refractivity contribution in [2.75, 3.05) is 0 Å². The molecule has 1 heterocycles. The number of aromatic nitrogens is 1. The Morgan fingerprint density at radius 2 is 1.56 bits per heavy atom. The van der Waals surface area contributed by atoms with Crippen LogP contribution in [0.1, 0.15) is 67.6 Å². The summed E-state index contributed by atoms with van der Waals surface area (Å²) in [7, 11) is 0. The second kappa shape index (κ2) is 11.0. The predicted octanol–water partition coefficient (Wildman–Crippen LogP) is 7.06. The molecule has 3 aromatic rings. The van der Waals surface area contributed by atoms with E-state index < -0.39 is 0 Å². The maximum absolute atomic E-state index is 13.7. The van der Waals surface area contributed by atoms with Gasteiger partial charge in [0.15, 0.2) is 0 Å². The first-order chi connectivity index (χ1) is 15.4. The third-order valence-corrected chi connectivity index (χ3v) is 5.32. The minimum Gasteiger partial charge on any atom is -0.372 e. The average Bonchev–Trinajstić information content (AvgIpc) is 2.78. The highest BCUT2D eigenvalue weighted by Crippen LogP contribution is 2.37. The molecule has 1 aromatic heterocycles. The molecule has 3 nitrogen and oxygen atoms in total. The third kappa shape index (κ3) is 5.57. The number of hydrogen-bond acceptors (Lipinski definition) is 3. The van der Waals surface area contributed by atoms with Gasteiger partial charge in [0.1, 0.15) is 12.1 Å². The molecule has 0 N–H and O–H groups in total. The fraction of sp³-hybridized carbons (Fsp3) is 0.286. The van der Waals surface area contributed by atoms with Crippen LogP contribution in [0.3, 0.4) is 0 Å². The number of ether oxygens (including phenoxy) is 1. The van der Waals surface area contributed by atoms with Crippen molar-refractivity contribution in [3.05, 3.63) is 94.6 Å². The summed E-state index contributed by atoms with van der Waals surface area (Å²) in [5.74, 6) is 0.0336. The van der Waals surface area contributed by atoms with Gasteiger partial charge in [0.25, 0.3) is 0 Å². The molecular weight excluding hydrogens is 401 g/mol. The normalized spacial score (nSPS) is 11.6. The molecular formula is C28H30FNO2. The van der Waals surface area contributed by atoms with Gasteiger partial charge in [-0.25, -0.2) is 4.39 Å². The number of benzene rings is 2. The van der Waals surface area contributed by atoms with Crippen molar-refractivity contribution in [3.8, 4) is 11.1 Å². The van der Waals surface area contributed by atoms with Crippen molar-refractivity contribution in [1.82, 2.24) is 4.98 Å². The minimum atomic E-state index is -0.289. The van der Waals surface area contributed by atoms with E-state index in [0.29, 0.717) is 13.2 Å². The van der Waals surface area contributed by atoms with Crippen LogP contribution in [0.25, 0.3) is 17.2 Å². The third-order valence-electron chi connectivity index (χ3n) is 5.32. The largest absolute Gasteiger partial charge is 0.372 e. The fourth-order valence-corrected chi connectivity index (χ4v) is 3.84. The van der Waals surface area contributed by atoms with Crippen LogP contribution in [0.2, 0.25) is 0 Å². The van der Waals surface area contributed by atoms with Gasteiger partial charge in [0.2, 0.25) is 0 Å². The summed E-state index contributed by atoms with van der Waals surface area (Å²) in [6, 6.07) is 16.5. The van der Waals surface area contributed by atoms with Gasteiger partial charge in [-0.05, 0) is 52.8 Å². The van der Waals surface area contributed by atoms with Crippen molar-refractivity contribution in [2.45, 2.75) is 52.7 Å². The lowest BCUT2D eigenvalue weighted by Crippen LogP contribution is -2.11. The van der Waals surface area contributed by atoms with Crippen LogP contribution in [-0.2, 0) is 22.7 Å². The molecule has 0 atom stereocenters. The number of nitrogens with zero attached hydrogens (tertiary/aromatic N) is 1. The van der Waals surface area contributed by atoms with Crippen LogP contribution in [0.5, 0.6) is 0 Å². The molecule has 32 heavy (non-hydrogen) atoms. The standard InChI is InChI=1S/C28H30FNO2/c1-19(2)27-24(11-8-16-31)26(22-12-14-23(29)15-13-22)25(28(30-27)20(3)4)18-32-17-21-9-6-5-7-10-21/h5-16,19-20H,17-18H2,1-4H3. The molecule has 0 bridgehead atoms. The van der Waals surface area contributed by atoms with Gasteiger partial charge >= 0.3 is 0 Å². The number of aldehydes is 1. The van der Waals surface area contributed by atoms with Gasteiger partial charge < -0.3 is 4.74 Å². The molecule has 0 aliphatic rings. The summed E-state index contributed by atoms with van der Waals surface area (Å²) in [6.07, 6.45) is 4.05. The van der Waals surface area contributed by atoms with Crippen LogP contribution in [-0.4, -0.2) is 11.3 Å². The summed E-state index contributed by atoms with van der Waals surface area (Å²) < 4.78 is 19.8. The molecule has 0 spiro atoms. The maximum atomic E-state index is 13.7. The summed E-state index contributed by atoms with van der Waals surface area (Å²) in [4.78, 5) is 16.2. The minimum absolute atomic E-state index is 0.150. The van der Waals surface area contributed by atoms with Gasteiger partial charge in [-0.1, -0.05) is 70.2 Å². The van der Waals surface area contributed by atoms with Gasteiger partial charge in [-0.3, -0.25) is 9.78 Å². The zero-order valence-electron chi connectivity index (χ0n) is 19.1. The molecule has 166 valence electrons. The Kier molecular flexibility index (Phi) is 8.07. The molecule has 0 aliphatic carbocycles. The van der Waals surface area contributed by atoms with Crippen molar-refractivity contribution < 1.29 is 13.9 Å². The summed E-state index contributed by atoms with van der Waals surface area (Å²) in [5.41, 5.74) is 6.64. The van der Waals surface area contributed by atoms with E-state index in [9.17, 15) is 9.18 Å². The summed E-state index contributed by atoms with van der Waals surface area (Å²) >= 11 is 0. The molecule has 0 aliphatic heterocycles. The van der Waals surface area contributed by atoms with Gasteiger partial charge in [-0.2, -0.15) is 0 Å². The van der Waals surface area contributed by atoms with E-state index >= 15 is 0 Å². The number of carbonyl (C=O) groups is 1. The second-order valence-electron chi connectivity index (χ2n) is 8.44. The monoisotopic (exact) mass is 431 g/mol. The fourth-order valence-electron chi connectivity index (χ4n) is 3.84. The number of pyridine rings is 1. The Morgan fingerprint density at radius 1 is 0.906 bits per heavy atom. The number of hydrogen-bond donors (Lipinski definition) is 0. The first-order valence-corrected chi connectivity index (χ1v) is 11.0. The van der Waals surface area contributed by atoms with Crippen molar-refractivity contribution in [3.63, 3.8) is 0 Å². The molecule has 0 saturated heterocycles. The van der Waals surface area contributed by atoms with E-state index in [2.05, 4.69) is 27.7 Å². The Morgan fingerprint density at radius 3 is 2.16 bits per heavy atom. The lowest BCUT2D eigenvalue weighted by molar-refractivity contribution is -0.104. The Balaban J connectivity index is 2.19. The molecule has 0 unspecified atom stereocenters. The van der Waals surface area contributed by atoms with Crippen molar-refractivity contribution in [1.29, 1.82) is 0 Å². The number of allylic oxidation sites excluding steroid dienone is 1. The topological polar surface area (TPSA) is 39.2 Å². The Labute approximate surface area is 190 Å². The lowest BCUT2D eigenvalue weighted by Gasteiger charge is -2.23. The van der Waals surface area contributed by atoms with Crippen molar-refractivity contribution in [2.24, 2.45) is 0 Å². The molecule has 4 heteroatoms. The predicted molar refractivity (Wildman–Crippen MR) is 128 cm³/mol. The Bertz CT molecular complexity index is 1070. The van der Waals surface area contributed by atoms with E-state index in [4.69, 9.17) is 9.72 Å². The van der Waals surface area contributed by atoms with E-state index in [1.54, 1.807) is 18.2 Å². The summed E-state index contributed by atoms with van der Waals surface area (Å²) in [5, 5.41) is 0. The van der Waals surface area contributed by atoms with E-state index in [1.807, 2.05) is 30.3 Å². The van der Waals surface area contributed by atoms with E-state index in [-0.39, 0.29) is 17.7 Å². The first kappa shape index (κ1) is 23.6. The molecule has 0 amide bonds. The quantitative estimate of drug-likeness (QED) is 0.269. The van der Waals surface area contributed by atoms with E-state index in [0.717, 1.165) is 45.5 Å². The zero-order chi connectivity index (χ0) is 23.1. The molecule has 0 radical (unpaired) electrons. The summed E-state index contributed by atoms with van der Waals surface area (Å²) in [6.45, 7) is 9.25. The molecule has 0 fully saturated rings. The van der Waals surface area contributed by atoms with Crippen LogP contribution >= 0.6 is 0 Å². The highest BCUT2D eigenvalue weighted by Gasteiger charge is 2.23. The van der Waals surface area contributed by atoms with Crippen LogP contribution in [0.15, 0.2) is 60.7 Å². The molecule has 2 aromatic carbocycles. The van der Waals surface area contributed by atoms with Crippen LogP contribution in [0, 0.1) is 5.82 Å². The molecule has 3 rings (SSSR count). The van der Waals surface area contributed by atoms with Gasteiger partial charge in [0, 0.05) is 16.8 Å². The average molecular weight is 432 g/mol. The zero-order valence-corrected chi connectivity index (χ0v) is 19.1.